The van der Waals surface area contributed by atoms with Crippen molar-refractivity contribution in [3.8, 4) is 11.4 Å². The third-order valence-electron chi connectivity index (χ3n) is 17.7. The van der Waals surface area contributed by atoms with E-state index in [2.05, 4.69) is 47.9 Å². The van der Waals surface area contributed by atoms with Crippen LogP contribution in [0.3, 0.4) is 0 Å². The lowest BCUT2D eigenvalue weighted by Gasteiger charge is -2.31. The van der Waals surface area contributed by atoms with Gasteiger partial charge in [0.05, 0.1) is 61.1 Å². The number of nitrogens with one attached hydrogen (secondary N) is 9. The highest BCUT2D eigenvalue weighted by Crippen LogP contribution is 2.46. The Balaban J connectivity index is 0.821. The maximum absolute atomic E-state index is 15.5. The fourth-order valence-electron chi connectivity index (χ4n) is 12.6. The van der Waals surface area contributed by atoms with Gasteiger partial charge in [-0.1, -0.05) is 43.7 Å². The predicted molar refractivity (Wildman–Crippen MR) is 369 cm³/mol. The molecule has 0 saturated carbocycles. The second kappa shape index (κ2) is 34.5. The Kier molecular flexibility index (Phi) is 26.2. The SMILES string of the molecule is CC[C@@]1(O)C(=O)OCc2c1cc1n(c2=O)Cc2c-1nc1cc(F)c(C)c3c1c2[C@@H](NC(=O)CCCNC(=O)CNC(=O)[C@H](Cc1ccccc1)NC(=O)CNC(=O)CNC(=O)[C@H](CC(=O)OC(C)(C)C)NC(=O)[C@H](CCCCNC(=O)OC(C)(C)C)NC(=O)CCCCCN1C(=O)C=CC1=O)CC3. The zero-order valence-corrected chi connectivity index (χ0v) is 59.2. The molecular formula is C72H91FN12O18. The number of carbonyl (C=O) groups excluding carboxylic acids is 13. The van der Waals surface area contributed by atoms with Crippen molar-refractivity contribution in [3.05, 3.63) is 110 Å². The number of hydrogen-bond donors (Lipinski definition) is 10. The van der Waals surface area contributed by atoms with E-state index in [0.717, 1.165) is 10.5 Å². The summed E-state index contributed by atoms with van der Waals surface area (Å²) in [6.07, 6.45) is 3.55. The Morgan fingerprint density at radius 3 is 2.01 bits per heavy atom. The summed E-state index contributed by atoms with van der Waals surface area (Å²) >= 11 is 0. The van der Waals surface area contributed by atoms with E-state index in [0.29, 0.717) is 83.1 Å². The van der Waals surface area contributed by atoms with Crippen LogP contribution in [0.5, 0.6) is 0 Å². The second-order valence-corrected chi connectivity index (χ2v) is 27.8. The van der Waals surface area contributed by atoms with Gasteiger partial charge in [0.1, 0.15) is 41.8 Å². The molecule has 5 atom stereocenters. The molecule has 0 bridgehead atoms. The van der Waals surface area contributed by atoms with Crippen LogP contribution in [0.4, 0.5) is 9.18 Å². The van der Waals surface area contributed by atoms with Gasteiger partial charge < -0.3 is 71.7 Å². The summed E-state index contributed by atoms with van der Waals surface area (Å²) in [4.78, 5) is 191. The fraction of sp³-hybridized carbons (Fsp3) is 0.514. The number of aryl methyl sites for hydroxylation is 1. The maximum Gasteiger partial charge on any atom is 0.407 e. The van der Waals surface area contributed by atoms with Crippen LogP contribution in [-0.4, -0.2) is 165 Å². The third kappa shape index (κ3) is 20.9. The van der Waals surface area contributed by atoms with Crippen LogP contribution < -0.4 is 53.4 Å². The molecule has 8 rings (SSSR count). The van der Waals surface area contributed by atoms with Gasteiger partial charge in [-0.2, -0.15) is 0 Å². The summed E-state index contributed by atoms with van der Waals surface area (Å²) in [5.41, 5.74) is 0.0102. The number of imide groups is 1. The first-order valence-electron chi connectivity index (χ1n) is 34.6. The number of nitrogens with zero attached hydrogens (tertiary/aromatic N) is 3. The van der Waals surface area contributed by atoms with Crippen LogP contribution in [0.2, 0.25) is 0 Å². The van der Waals surface area contributed by atoms with E-state index in [4.69, 9.17) is 19.2 Å². The van der Waals surface area contributed by atoms with E-state index >= 15 is 4.39 Å². The minimum Gasteiger partial charge on any atom is -0.460 e. The molecule has 2 aromatic carbocycles. The zero-order valence-electron chi connectivity index (χ0n) is 59.2. The summed E-state index contributed by atoms with van der Waals surface area (Å²) in [5, 5.41) is 35.5. The van der Waals surface area contributed by atoms with Crippen LogP contribution in [0.1, 0.15) is 171 Å². The summed E-state index contributed by atoms with van der Waals surface area (Å²) < 4.78 is 32.9. The summed E-state index contributed by atoms with van der Waals surface area (Å²) in [6, 6.07) is 6.68. The third-order valence-corrected chi connectivity index (χ3v) is 17.7. The molecule has 5 heterocycles. The molecule has 103 heavy (non-hydrogen) atoms. The average Bonchev–Trinajstić information content (AvgIpc) is 1.61. The number of esters is 2. The molecule has 0 fully saturated rings. The molecule has 11 amide bonds. The fourth-order valence-corrected chi connectivity index (χ4v) is 12.6. The van der Waals surface area contributed by atoms with E-state index in [9.17, 15) is 72.2 Å². The number of unbranched alkanes of at least 4 members (excludes halogenated alkanes) is 3. The lowest BCUT2D eigenvalue weighted by atomic mass is 9.81. The molecule has 0 saturated heterocycles. The number of pyridine rings is 2. The highest BCUT2D eigenvalue weighted by atomic mass is 19.1. The molecule has 4 aliphatic rings. The first kappa shape index (κ1) is 78.3. The number of rotatable bonds is 33. The minimum atomic E-state index is -2.07. The van der Waals surface area contributed by atoms with E-state index < -0.39 is 150 Å². The maximum atomic E-state index is 15.5. The van der Waals surface area contributed by atoms with Gasteiger partial charge in [-0.3, -0.25) is 62.4 Å². The van der Waals surface area contributed by atoms with Crippen LogP contribution in [0.25, 0.3) is 22.3 Å². The summed E-state index contributed by atoms with van der Waals surface area (Å²) in [5.74, 6) is -9.02. The topological polar surface area (TPSA) is 416 Å². The van der Waals surface area contributed by atoms with Gasteiger partial charge in [0.2, 0.25) is 47.3 Å². The van der Waals surface area contributed by atoms with Crippen LogP contribution in [0.15, 0.2) is 59.4 Å². The summed E-state index contributed by atoms with van der Waals surface area (Å²) in [7, 11) is 0. The Bertz CT molecular complexity index is 4050. The van der Waals surface area contributed by atoms with E-state index in [1.165, 1.54) is 22.8 Å². The summed E-state index contributed by atoms with van der Waals surface area (Å²) in [6.45, 7) is 11.2. The van der Waals surface area contributed by atoms with Crippen LogP contribution in [0, 0.1) is 12.7 Å². The first-order chi connectivity index (χ1) is 48.7. The molecule has 10 N–H and O–H groups in total. The van der Waals surface area contributed by atoms with Gasteiger partial charge in [-0.25, -0.2) is 19.0 Å². The number of carbonyl (C=O) groups is 13. The molecular weight excluding hydrogens is 1340 g/mol. The highest BCUT2D eigenvalue weighted by molar-refractivity contribution is 6.13. The zero-order chi connectivity index (χ0) is 75.1. The van der Waals surface area contributed by atoms with E-state index in [-0.39, 0.29) is 94.8 Å². The van der Waals surface area contributed by atoms with Crippen molar-refractivity contribution in [3.63, 3.8) is 0 Å². The molecule has 554 valence electrons. The lowest BCUT2D eigenvalue weighted by Crippen LogP contribution is -2.55. The number of hydrogen-bond acceptors (Lipinski definition) is 19. The Hall–Kier alpha value is -10.5. The molecule has 0 spiro atoms. The predicted octanol–water partition coefficient (Wildman–Crippen LogP) is 2.48. The lowest BCUT2D eigenvalue weighted by molar-refractivity contribution is -0.172. The quantitative estimate of drug-likeness (QED) is 0.0125. The molecule has 30 nitrogen and oxygen atoms in total. The van der Waals surface area contributed by atoms with E-state index in [1.54, 1.807) is 91.8 Å². The number of cyclic esters (lactones) is 1. The Labute approximate surface area is 593 Å². The monoisotopic (exact) mass is 1430 g/mol. The number of fused-ring (bicyclic) bond motifs is 5. The average molecular weight is 1430 g/mol. The molecule has 0 radical (unpaired) electrons. The van der Waals surface area contributed by atoms with Crippen LogP contribution in [-0.2, 0) is 103 Å². The molecule has 31 heteroatoms. The number of ether oxygens (including phenoxy) is 3. The van der Waals surface area contributed by atoms with Gasteiger partial charge in [-0.15, -0.1) is 0 Å². The van der Waals surface area contributed by atoms with Crippen molar-refractivity contribution in [2.75, 3.05) is 39.3 Å². The van der Waals surface area contributed by atoms with Gasteiger partial charge in [0, 0.05) is 73.6 Å². The molecule has 2 aromatic heterocycles. The van der Waals surface area contributed by atoms with Gasteiger partial charge in [0.15, 0.2) is 5.60 Å². The van der Waals surface area contributed by atoms with Crippen molar-refractivity contribution in [2.45, 2.75) is 199 Å². The highest BCUT2D eigenvalue weighted by Gasteiger charge is 2.46. The second-order valence-electron chi connectivity index (χ2n) is 27.8. The van der Waals surface area contributed by atoms with Crippen molar-refractivity contribution >= 4 is 88.0 Å². The minimum absolute atomic E-state index is 0.00837. The number of halogens is 1. The van der Waals surface area contributed by atoms with Crippen molar-refractivity contribution < 1.29 is 86.0 Å². The van der Waals surface area contributed by atoms with Crippen LogP contribution >= 0.6 is 0 Å². The molecule has 0 unspecified atom stereocenters. The van der Waals surface area contributed by atoms with E-state index in [1.807, 2.05) is 0 Å². The van der Waals surface area contributed by atoms with Crippen molar-refractivity contribution in [1.29, 1.82) is 0 Å². The van der Waals surface area contributed by atoms with Gasteiger partial charge in [0.25, 0.3) is 17.4 Å². The number of benzene rings is 2. The number of aromatic nitrogens is 2. The number of alkyl carbamates (subject to hydrolysis) is 1. The molecule has 1 aliphatic carbocycles. The molecule has 4 aromatic rings. The van der Waals surface area contributed by atoms with Gasteiger partial charge >= 0.3 is 18.0 Å². The normalized spacial score (nSPS) is 16.5. The number of aliphatic hydroxyl groups is 1. The molecule has 3 aliphatic heterocycles. The number of amides is 11. The van der Waals surface area contributed by atoms with Gasteiger partial charge in [-0.05, 0) is 135 Å². The van der Waals surface area contributed by atoms with Crippen molar-refractivity contribution in [2.24, 2.45) is 0 Å². The first-order valence-corrected chi connectivity index (χ1v) is 34.6. The van der Waals surface area contributed by atoms with Crippen molar-refractivity contribution in [1.82, 2.24) is 62.3 Å². The Morgan fingerprint density at radius 2 is 1.33 bits per heavy atom. The Morgan fingerprint density at radius 1 is 0.689 bits per heavy atom. The smallest absolute Gasteiger partial charge is 0.407 e. The standard InChI is InChI=1S/C72H91FN12O18/c1-9-72(100)45-32-52-63-43(38-85(52)67(97)44(45)39-101-68(72)98)62-47(25-24-42-40(2)46(73)33-49(82-63)61(42)62)79-54(87)23-18-29-74-55(88)35-77-64(94)50(31-41-19-12-10-13-20-41)81-57(90)37-76-56(89)36-78-65(95)51(34-60(93)102-70(3,4)5)83-66(96)48(21-15-16-28-75-69(99)103-71(6,7)8)80-53(86)22-14-11-17-30-84-58(91)26-27-59(84)92/h10,12-13,19-20,26-27,32-33,47-48,50-51,100H,9,11,14-18,21-25,28-31,34-39H2,1-8H3,(H,74,88)(H,75,99)(H,76,89)(H,77,94)(H,78,95)(H,79,87)(H,80,86)(H,81,90)(H,83,96)/t47-,48-,50-,51-,72-/m0/s1. The largest absolute Gasteiger partial charge is 0.460 e.